The second-order valence-electron chi connectivity index (χ2n) is 10.3. The number of ether oxygens (including phenoxy) is 1. The molecule has 2 aromatic rings. The molecule has 2 aliphatic rings. The van der Waals surface area contributed by atoms with E-state index in [2.05, 4.69) is 24.1 Å². The highest BCUT2D eigenvalue weighted by atomic mass is 16.5. The van der Waals surface area contributed by atoms with Crippen LogP contribution in [0.15, 0.2) is 42.5 Å². The van der Waals surface area contributed by atoms with Gasteiger partial charge in [0.2, 0.25) is 12.0 Å². The largest absolute Gasteiger partial charge is 0.474 e. The van der Waals surface area contributed by atoms with Gasteiger partial charge in [-0.25, -0.2) is 0 Å². The summed E-state index contributed by atoms with van der Waals surface area (Å²) in [6.07, 6.45) is 6.01. The monoisotopic (exact) mass is 505 g/mol. The first-order valence-corrected chi connectivity index (χ1v) is 13.3. The van der Waals surface area contributed by atoms with E-state index >= 15 is 0 Å². The van der Waals surface area contributed by atoms with Crippen LogP contribution in [-0.2, 0) is 9.59 Å². The van der Waals surface area contributed by atoms with E-state index in [1.165, 1.54) is 26.2 Å². The van der Waals surface area contributed by atoms with E-state index in [-0.39, 0.29) is 17.6 Å². The predicted octanol–water partition coefficient (Wildman–Crippen LogP) is 4.83. The third kappa shape index (κ3) is 6.31. The van der Waals surface area contributed by atoms with Crippen molar-refractivity contribution in [3.05, 3.63) is 53.6 Å². The van der Waals surface area contributed by atoms with E-state index in [9.17, 15) is 9.59 Å². The van der Waals surface area contributed by atoms with Gasteiger partial charge >= 0.3 is 0 Å². The van der Waals surface area contributed by atoms with Crippen LogP contribution in [0.2, 0.25) is 0 Å². The summed E-state index contributed by atoms with van der Waals surface area (Å²) in [7, 11) is 0. The highest BCUT2D eigenvalue weighted by molar-refractivity contribution is 6.02. The fraction of sp³-hybridized carbons (Fsp3) is 0.483. The lowest BCUT2D eigenvalue weighted by atomic mass is 9.97. The first-order valence-electron chi connectivity index (χ1n) is 13.3. The van der Waals surface area contributed by atoms with Crippen LogP contribution in [0.25, 0.3) is 0 Å². The molecule has 2 heterocycles. The molecule has 1 saturated heterocycles. The molecule has 0 radical (unpaired) electrons. The number of rotatable bonds is 9. The average molecular weight is 506 g/mol. The molecule has 2 aromatic carbocycles. The highest BCUT2D eigenvalue weighted by Gasteiger charge is 2.36. The minimum Gasteiger partial charge on any atom is -0.474 e. The number of likely N-dealkylation sites (tertiary alicyclic amines) is 1. The Morgan fingerprint density at radius 3 is 2.51 bits per heavy atom. The van der Waals surface area contributed by atoms with Crippen LogP contribution in [0.5, 0.6) is 5.75 Å². The van der Waals surface area contributed by atoms with Gasteiger partial charge < -0.3 is 20.7 Å². The van der Waals surface area contributed by atoms with E-state index in [4.69, 9.17) is 15.9 Å². The number of nitrogens with one attached hydrogen (secondary N) is 2. The molecule has 0 aliphatic carbocycles. The first-order chi connectivity index (χ1) is 17.7. The lowest BCUT2D eigenvalue weighted by molar-refractivity contribution is -0.126. The Labute approximate surface area is 219 Å². The van der Waals surface area contributed by atoms with Crippen LogP contribution in [-0.4, -0.2) is 47.7 Å². The molecule has 4 N–H and O–H groups in total. The smallest absolute Gasteiger partial charge is 0.272 e. The number of nitrogen functional groups attached to an aromatic ring is 1. The van der Waals surface area contributed by atoms with E-state index in [1.807, 2.05) is 6.07 Å². The van der Waals surface area contributed by atoms with Gasteiger partial charge in [0.15, 0.2) is 0 Å². The second-order valence-corrected chi connectivity index (χ2v) is 10.3. The molecule has 2 amide bonds. The van der Waals surface area contributed by atoms with Gasteiger partial charge in [-0.05, 0) is 70.3 Å². The number of carbonyl (C=O) groups excluding carboxylic acids is 2. The van der Waals surface area contributed by atoms with Crippen molar-refractivity contribution in [2.45, 2.75) is 77.5 Å². The zero-order valence-electron chi connectivity index (χ0n) is 22.1. The van der Waals surface area contributed by atoms with Crippen molar-refractivity contribution in [1.29, 1.82) is 5.41 Å². The van der Waals surface area contributed by atoms with Gasteiger partial charge in [0, 0.05) is 42.4 Å². The number of hydrogen-bond acceptors (Lipinski definition) is 5. The lowest BCUT2D eigenvalue weighted by Crippen LogP contribution is -2.44. The summed E-state index contributed by atoms with van der Waals surface area (Å²) in [6, 6.07) is 13.7. The predicted molar refractivity (Wildman–Crippen MR) is 147 cm³/mol. The van der Waals surface area contributed by atoms with Gasteiger partial charge in [-0.2, -0.15) is 0 Å². The maximum atomic E-state index is 13.7. The third-order valence-electron chi connectivity index (χ3n) is 7.48. The molecule has 8 heteroatoms. The van der Waals surface area contributed by atoms with Crippen molar-refractivity contribution in [2.24, 2.45) is 5.73 Å². The number of anilines is 2. The van der Waals surface area contributed by atoms with Crippen molar-refractivity contribution in [3.8, 4) is 5.75 Å². The van der Waals surface area contributed by atoms with Crippen LogP contribution in [0.4, 0.5) is 11.4 Å². The molecule has 1 unspecified atom stereocenters. The summed E-state index contributed by atoms with van der Waals surface area (Å²) in [4.78, 5) is 29.7. The van der Waals surface area contributed by atoms with Gasteiger partial charge in [0.25, 0.3) is 5.91 Å². The van der Waals surface area contributed by atoms with E-state index in [0.29, 0.717) is 46.9 Å². The molecule has 8 nitrogen and oxygen atoms in total. The molecule has 198 valence electrons. The molecule has 2 aliphatic heterocycles. The second kappa shape index (κ2) is 11.8. The Balaban J connectivity index is 1.50. The molecule has 0 aromatic heterocycles. The molecular weight excluding hydrogens is 466 g/mol. The Morgan fingerprint density at radius 2 is 1.81 bits per heavy atom. The fourth-order valence-corrected chi connectivity index (χ4v) is 5.51. The lowest BCUT2D eigenvalue weighted by Gasteiger charge is -2.39. The van der Waals surface area contributed by atoms with Gasteiger partial charge in [0.05, 0.1) is 5.69 Å². The summed E-state index contributed by atoms with van der Waals surface area (Å²) >= 11 is 0. The van der Waals surface area contributed by atoms with Crippen molar-refractivity contribution in [2.75, 3.05) is 23.3 Å². The number of unbranched alkanes of at least 4 members (excludes halogenated alkanes) is 2. The highest BCUT2D eigenvalue weighted by Crippen LogP contribution is 2.41. The Bertz CT molecular complexity index is 1140. The number of amides is 2. The number of hydrogen-bond donors (Lipinski definition) is 3. The summed E-state index contributed by atoms with van der Waals surface area (Å²) < 4.78 is 6.16. The summed E-state index contributed by atoms with van der Waals surface area (Å²) in [5.41, 5.74) is 8.17. The molecule has 0 bridgehead atoms. The van der Waals surface area contributed by atoms with Crippen LogP contribution in [0.3, 0.4) is 0 Å². The van der Waals surface area contributed by atoms with Crippen molar-refractivity contribution < 1.29 is 14.3 Å². The fourth-order valence-electron chi connectivity index (χ4n) is 5.51. The van der Waals surface area contributed by atoms with Crippen LogP contribution < -0.4 is 20.7 Å². The quantitative estimate of drug-likeness (QED) is 0.257. The molecule has 4 rings (SSSR count). The molecule has 3 atom stereocenters. The number of nitrogens with zero attached hydrogens (tertiary/aromatic N) is 2. The third-order valence-corrected chi connectivity index (χ3v) is 7.48. The standard InChI is InChI=1S/C29H39N5O3/c1-19-9-7-10-20(2)33(19)15-5-4-6-16-34-25-18-24(32-21(3)35)13-14-26(25)37-27(29(34)36)22-11-8-12-23(17-22)28(30)31/h8,11-14,17-20,27H,4-7,9-10,15-16H2,1-3H3,(H3,30,31)(H,32,35)/t19-,20+,27?. The van der Waals surface area contributed by atoms with Crippen LogP contribution in [0, 0.1) is 5.41 Å². The number of nitrogens with two attached hydrogens (primary N) is 1. The van der Waals surface area contributed by atoms with Crippen LogP contribution >= 0.6 is 0 Å². The molecule has 37 heavy (non-hydrogen) atoms. The Hall–Kier alpha value is -3.39. The number of piperidine rings is 1. The number of amidine groups is 1. The maximum Gasteiger partial charge on any atom is 0.272 e. The Morgan fingerprint density at radius 1 is 1.08 bits per heavy atom. The van der Waals surface area contributed by atoms with Gasteiger partial charge in [-0.1, -0.05) is 31.0 Å². The van der Waals surface area contributed by atoms with Crippen molar-refractivity contribution in [1.82, 2.24) is 4.90 Å². The SMILES string of the molecule is CC(=O)Nc1ccc2c(c1)N(CCCCCN1[C@H](C)CCC[C@@H]1C)C(=O)C(c1cccc(C(=N)N)c1)O2. The number of fused-ring (bicyclic) bond motifs is 1. The van der Waals surface area contributed by atoms with Gasteiger partial charge in [0.1, 0.15) is 11.6 Å². The van der Waals surface area contributed by atoms with Crippen molar-refractivity contribution >= 4 is 29.0 Å². The molecule has 1 fully saturated rings. The zero-order chi connectivity index (χ0) is 26.5. The first kappa shape index (κ1) is 26.7. The summed E-state index contributed by atoms with van der Waals surface area (Å²) in [6.45, 7) is 7.76. The van der Waals surface area contributed by atoms with E-state index in [0.717, 1.165) is 25.8 Å². The zero-order valence-corrected chi connectivity index (χ0v) is 22.1. The topological polar surface area (TPSA) is 112 Å². The summed E-state index contributed by atoms with van der Waals surface area (Å²) in [5, 5.41) is 10.6. The van der Waals surface area contributed by atoms with Gasteiger partial charge in [-0.15, -0.1) is 0 Å². The van der Waals surface area contributed by atoms with Crippen LogP contribution in [0.1, 0.15) is 76.5 Å². The normalized spacial score (nSPS) is 21.8. The minimum absolute atomic E-state index is 0.0559. The Kier molecular flexibility index (Phi) is 8.48. The number of benzene rings is 2. The minimum atomic E-state index is -0.825. The number of carbonyl (C=O) groups is 2. The average Bonchev–Trinajstić information content (AvgIpc) is 2.86. The molecular formula is C29H39N5O3. The van der Waals surface area contributed by atoms with E-state index in [1.54, 1.807) is 41.3 Å². The summed E-state index contributed by atoms with van der Waals surface area (Å²) in [5.74, 6) is 0.198. The maximum absolute atomic E-state index is 13.7. The van der Waals surface area contributed by atoms with E-state index < -0.39 is 6.10 Å². The van der Waals surface area contributed by atoms with Gasteiger partial charge in [-0.3, -0.25) is 19.9 Å². The molecule has 0 saturated carbocycles. The van der Waals surface area contributed by atoms with Crippen molar-refractivity contribution in [3.63, 3.8) is 0 Å². The molecule has 0 spiro atoms.